The molecule has 0 radical (unpaired) electrons. The van der Waals surface area contributed by atoms with E-state index in [9.17, 15) is 9.59 Å². The predicted octanol–water partition coefficient (Wildman–Crippen LogP) is 4.70. The van der Waals surface area contributed by atoms with Crippen LogP contribution in [0.4, 0.5) is 0 Å². The molecule has 0 amide bonds. The van der Waals surface area contributed by atoms with E-state index in [-0.39, 0.29) is 18.0 Å². The van der Waals surface area contributed by atoms with Crippen LogP contribution in [0, 0.1) is 0 Å². The first kappa shape index (κ1) is 21.7. The highest BCUT2D eigenvalue weighted by molar-refractivity contribution is 5.89. The van der Waals surface area contributed by atoms with E-state index in [2.05, 4.69) is 6.58 Å². The van der Waals surface area contributed by atoms with Crippen LogP contribution < -0.4 is 4.74 Å². The average Bonchev–Trinajstić information content (AvgIpc) is 2.63. The van der Waals surface area contributed by atoms with Crippen molar-refractivity contribution in [2.45, 2.75) is 59.0 Å². The number of ether oxygens (including phenoxy) is 3. The third-order valence-electron chi connectivity index (χ3n) is 3.86. The molecule has 0 N–H and O–H groups in total. The first-order chi connectivity index (χ1) is 12.4. The molecule has 0 fully saturated rings. The second kappa shape index (κ2) is 12.1. The van der Waals surface area contributed by atoms with Crippen LogP contribution in [0.5, 0.6) is 5.75 Å². The third-order valence-corrected chi connectivity index (χ3v) is 3.86. The minimum absolute atomic E-state index is 0.0808. The molecular formula is C21H30O5. The van der Waals surface area contributed by atoms with Gasteiger partial charge in [0.1, 0.15) is 5.75 Å². The van der Waals surface area contributed by atoms with Crippen LogP contribution in [0.3, 0.4) is 0 Å². The summed E-state index contributed by atoms with van der Waals surface area (Å²) in [5, 5.41) is 0. The molecule has 0 bridgehead atoms. The zero-order valence-electron chi connectivity index (χ0n) is 16.1. The van der Waals surface area contributed by atoms with Crippen molar-refractivity contribution in [2.75, 3.05) is 13.2 Å². The number of esters is 2. The summed E-state index contributed by atoms with van der Waals surface area (Å²) in [4.78, 5) is 23.1. The molecule has 5 nitrogen and oxygen atoms in total. The lowest BCUT2D eigenvalue weighted by Gasteiger charge is -2.11. The molecule has 0 aliphatic heterocycles. The zero-order valence-corrected chi connectivity index (χ0v) is 16.1. The van der Waals surface area contributed by atoms with Gasteiger partial charge in [-0.25, -0.2) is 9.59 Å². The van der Waals surface area contributed by atoms with Gasteiger partial charge >= 0.3 is 11.9 Å². The summed E-state index contributed by atoms with van der Waals surface area (Å²) in [6.07, 6.45) is 4.46. The Morgan fingerprint density at radius 3 is 2.23 bits per heavy atom. The number of benzene rings is 1. The molecule has 0 spiro atoms. The van der Waals surface area contributed by atoms with Crippen LogP contribution >= 0.6 is 0 Å². The fourth-order valence-electron chi connectivity index (χ4n) is 2.06. The number of carbonyl (C=O) groups excluding carboxylic acids is 2. The second-order valence-corrected chi connectivity index (χ2v) is 6.33. The molecule has 144 valence electrons. The highest BCUT2D eigenvalue weighted by atomic mass is 16.5. The van der Waals surface area contributed by atoms with Crippen molar-refractivity contribution in [3.63, 3.8) is 0 Å². The van der Waals surface area contributed by atoms with Gasteiger partial charge in [-0.3, -0.25) is 0 Å². The quantitative estimate of drug-likeness (QED) is 0.306. The molecule has 0 aromatic heterocycles. The Balaban J connectivity index is 2.15. The van der Waals surface area contributed by atoms with Gasteiger partial charge < -0.3 is 14.2 Å². The normalized spacial score (nSPS) is 11.5. The first-order valence-corrected chi connectivity index (χ1v) is 9.20. The summed E-state index contributed by atoms with van der Waals surface area (Å²) in [5.74, 6) is 0.101. The summed E-state index contributed by atoms with van der Waals surface area (Å²) in [5.41, 5.74) is 0.958. The summed E-state index contributed by atoms with van der Waals surface area (Å²) in [6.45, 7) is 10.1. The van der Waals surface area contributed by atoms with Gasteiger partial charge in [0.25, 0.3) is 0 Å². The van der Waals surface area contributed by atoms with Crippen molar-refractivity contribution in [1.29, 1.82) is 0 Å². The van der Waals surface area contributed by atoms with Gasteiger partial charge in [0.2, 0.25) is 0 Å². The number of carbonyl (C=O) groups is 2. The van der Waals surface area contributed by atoms with Gasteiger partial charge in [0.05, 0.1) is 24.9 Å². The molecule has 0 heterocycles. The van der Waals surface area contributed by atoms with Gasteiger partial charge in [-0.2, -0.15) is 0 Å². The van der Waals surface area contributed by atoms with Crippen molar-refractivity contribution < 1.29 is 23.8 Å². The summed E-state index contributed by atoms with van der Waals surface area (Å²) < 4.78 is 16.0. The summed E-state index contributed by atoms with van der Waals surface area (Å²) in [6, 6.07) is 7.00. The second-order valence-electron chi connectivity index (χ2n) is 6.33. The number of rotatable bonds is 12. The minimum Gasteiger partial charge on any atom is -0.494 e. The maximum Gasteiger partial charge on any atom is 0.338 e. The van der Waals surface area contributed by atoms with E-state index >= 15 is 0 Å². The molecule has 1 atom stereocenters. The lowest BCUT2D eigenvalue weighted by atomic mass is 10.2. The summed E-state index contributed by atoms with van der Waals surface area (Å²) in [7, 11) is 0. The largest absolute Gasteiger partial charge is 0.494 e. The van der Waals surface area contributed by atoms with Crippen molar-refractivity contribution in [1.82, 2.24) is 0 Å². The van der Waals surface area contributed by atoms with Gasteiger partial charge in [-0.1, -0.05) is 13.5 Å². The standard InChI is InChI=1S/C21H30O5/c1-5-17(4)26-21(23)18-10-12-19(13-11-18)24-14-8-6-7-9-15-25-20(22)16(2)3/h10-13,17H,2,5-9,14-15H2,1,3-4H3. The van der Waals surface area contributed by atoms with Crippen molar-refractivity contribution in [3.8, 4) is 5.75 Å². The Hall–Kier alpha value is -2.30. The van der Waals surface area contributed by atoms with E-state index in [0.717, 1.165) is 37.9 Å². The molecule has 1 aromatic rings. The predicted molar refractivity (Wildman–Crippen MR) is 101 cm³/mol. The fraction of sp³-hybridized carbons (Fsp3) is 0.524. The Kier molecular flexibility index (Phi) is 10.1. The Morgan fingerprint density at radius 2 is 1.65 bits per heavy atom. The third kappa shape index (κ3) is 8.70. The fourth-order valence-corrected chi connectivity index (χ4v) is 2.06. The molecule has 0 saturated heterocycles. The van der Waals surface area contributed by atoms with Gasteiger partial charge in [-0.15, -0.1) is 0 Å². The van der Waals surface area contributed by atoms with E-state index < -0.39 is 0 Å². The highest BCUT2D eigenvalue weighted by Gasteiger charge is 2.10. The number of hydrogen-bond acceptors (Lipinski definition) is 5. The van der Waals surface area contributed by atoms with Gasteiger partial charge in [0.15, 0.2) is 0 Å². The summed E-state index contributed by atoms with van der Waals surface area (Å²) >= 11 is 0. The van der Waals surface area contributed by atoms with E-state index in [0.29, 0.717) is 24.4 Å². The molecular weight excluding hydrogens is 332 g/mol. The van der Waals surface area contributed by atoms with Crippen molar-refractivity contribution in [2.24, 2.45) is 0 Å². The van der Waals surface area contributed by atoms with E-state index in [1.165, 1.54) is 0 Å². The minimum atomic E-state index is -0.329. The molecule has 26 heavy (non-hydrogen) atoms. The molecule has 0 saturated carbocycles. The van der Waals surface area contributed by atoms with E-state index in [4.69, 9.17) is 14.2 Å². The molecule has 1 unspecified atom stereocenters. The molecule has 1 aromatic carbocycles. The van der Waals surface area contributed by atoms with Crippen LogP contribution in [0.15, 0.2) is 36.4 Å². The Morgan fingerprint density at radius 1 is 1.04 bits per heavy atom. The molecule has 1 rings (SSSR count). The maximum atomic E-state index is 11.9. The van der Waals surface area contributed by atoms with Crippen molar-refractivity contribution >= 4 is 11.9 Å². The molecule has 5 heteroatoms. The van der Waals surface area contributed by atoms with Crippen LogP contribution in [-0.2, 0) is 14.3 Å². The van der Waals surface area contributed by atoms with Crippen LogP contribution in [0.1, 0.15) is 63.2 Å². The monoisotopic (exact) mass is 362 g/mol. The Labute approximate surface area is 156 Å². The van der Waals surface area contributed by atoms with Crippen LogP contribution in [-0.4, -0.2) is 31.3 Å². The Bertz CT molecular complexity index is 577. The first-order valence-electron chi connectivity index (χ1n) is 9.20. The van der Waals surface area contributed by atoms with Crippen molar-refractivity contribution in [3.05, 3.63) is 42.0 Å². The van der Waals surface area contributed by atoms with E-state index in [1.807, 2.05) is 13.8 Å². The lowest BCUT2D eigenvalue weighted by molar-refractivity contribution is -0.139. The number of unbranched alkanes of at least 4 members (excludes halogenated alkanes) is 3. The zero-order chi connectivity index (χ0) is 19.4. The van der Waals surface area contributed by atoms with Gasteiger partial charge in [-0.05, 0) is 70.2 Å². The SMILES string of the molecule is C=C(C)C(=O)OCCCCCCOc1ccc(C(=O)OC(C)CC)cc1. The molecule has 0 aliphatic rings. The lowest BCUT2D eigenvalue weighted by Crippen LogP contribution is -2.13. The number of hydrogen-bond donors (Lipinski definition) is 0. The van der Waals surface area contributed by atoms with E-state index in [1.54, 1.807) is 31.2 Å². The van der Waals surface area contributed by atoms with Crippen LogP contribution in [0.2, 0.25) is 0 Å². The maximum absolute atomic E-state index is 11.9. The van der Waals surface area contributed by atoms with Crippen LogP contribution in [0.25, 0.3) is 0 Å². The van der Waals surface area contributed by atoms with Gasteiger partial charge in [0, 0.05) is 5.57 Å². The molecule has 0 aliphatic carbocycles. The smallest absolute Gasteiger partial charge is 0.338 e. The highest BCUT2D eigenvalue weighted by Crippen LogP contribution is 2.15. The topological polar surface area (TPSA) is 61.8 Å². The average molecular weight is 362 g/mol.